The second-order valence-electron chi connectivity index (χ2n) is 3.55. The Hall–Kier alpha value is -1.36. The zero-order valence-corrected chi connectivity index (χ0v) is 8.87. The van der Waals surface area contributed by atoms with Crippen LogP contribution in [-0.2, 0) is 16.1 Å². The fourth-order valence-corrected chi connectivity index (χ4v) is 2.43. The van der Waals surface area contributed by atoms with Gasteiger partial charge in [0, 0.05) is 13.0 Å². The molecule has 2 rings (SSSR count). The van der Waals surface area contributed by atoms with Crippen LogP contribution >= 0.6 is 11.3 Å². The third-order valence-corrected chi connectivity index (χ3v) is 3.28. The first-order valence-corrected chi connectivity index (χ1v) is 5.66. The van der Waals surface area contributed by atoms with Gasteiger partial charge in [-0.2, -0.15) is 11.3 Å². The molecule has 1 aliphatic rings. The van der Waals surface area contributed by atoms with Crippen molar-refractivity contribution >= 4 is 23.2 Å². The molecule has 1 aromatic heterocycles. The van der Waals surface area contributed by atoms with Gasteiger partial charge in [-0.1, -0.05) is 0 Å². The minimum Gasteiger partial charge on any atom is -0.480 e. The van der Waals surface area contributed by atoms with Gasteiger partial charge in [0.1, 0.15) is 6.04 Å². The molecule has 1 atom stereocenters. The van der Waals surface area contributed by atoms with Crippen LogP contribution in [0.5, 0.6) is 0 Å². The lowest BCUT2D eigenvalue weighted by molar-refractivity contribution is -0.146. The van der Waals surface area contributed by atoms with E-state index in [0.717, 1.165) is 5.56 Å². The quantitative estimate of drug-likeness (QED) is 0.844. The summed E-state index contributed by atoms with van der Waals surface area (Å²) in [5, 5.41) is 12.8. The molecule has 0 unspecified atom stereocenters. The summed E-state index contributed by atoms with van der Waals surface area (Å²) in [7, 11) is 0. The predicted octanol–water partition coefficient (Wildman–Crippen LogP) is 1.32. The zero-order valence-electron chi connectivity index (χ0n) is 8.05. The molecule has 5 heteroatoms. The Labute approximate surface area is 91.1 Å². The van der Waals surface area contributed by atoms with Gasteiger partial charge in [0.2, 0.25) is 5.91 Å². The summed E-state index contributed by atoms with van der Waals surface area (Å²) in [6.45, 7) is 0.416. The number of amides is 1. The number of likely N-dealkylation sites (tertiary alicyclic amines) is 1. The number of thiophene rings is 1. The molecule has 1 amide bonds. The molecule has 0 saturated carbocycles. The molecule has 0 aliphatic carbocycles. The summed E-state index contributed by atoms with van der Waals surface area (Å²) < 4.78 is 0. The molecule has 1 N–H and O–H groups in total. The summed E-state index contributed by atoms with van der Waals surface area (Å²) in [5.41, 5.74) is 1.00. The zero-order chi connectivity index (χ0) is 10.8. The molecule has 80 valence electrons. The molecule has 15 heavy (non-hydrogen) atoms. The van der Waals surface area contributed by atoms with Gasteiger partial charge in [0.25, 0.3) is 0 Å². The minimum absolute atomic E-state index is 0.0615. The number of rotatable bonds is 3. The van der Waals surface area contributed by atoms with Crippen molar-refractivity contribution in [1.82, 2.24) is 4.90 Å². The van der Waals surface area contributed by atoms with Crippen LogP contribution in [0.25, 0.3) is 0 Å². The van der Waals surface area contributed by atoms with Crippen molar-refractivity contribution in [2.24, 2.45) is 0 Å². The number of hydrogen-bond acceptors (Lipinski definition) is 3. The Kier molecular flexibility index (Phi) is 2.73. The molecule has 0 radical (unpaired) electrons. The van der Waals surface area contributed by atoms with E-state index in [9.17, 15) is 9.59 Å². The van der Waals surface area contributed by atoms with E-state index in [1.807, 2.05) is 16.8 Å². The number of hydrogen-bond donors (Lipinski definition) is 1. The standard InChI is InChI=1S/C10H11NO3S/c12-9-2-1-8(10(13)14)11(9)5-7-3-4-15-6-7/h3-4,6,8H,1-2,5H2,(H,13,14)/t8-/m1/s1. The number of carbonyl (C=O) groups is 2. The van der Waals surface area contributed by atoms with Crippen LogP contribution in [0, 0.1) is 0 Å². The Morgan fingerprint density at radius 1 is 1.67 bits per heavy atom. The van der Waals surface area contributed by atoms with Gasteiger partial charge in [-0.05, 0) is 28.8 Å². The van der Waals surface area contributed by atoms with Crippen LogP contribution in [0.2, 0.25) is 0 Å². The molecule has 0 bridgehead atoms. The third-order valence-electron chi connectivity index (χ3n) is 2.55. The van der Waals surface area contributed by atoms with Crippen LogP contribution < -0.4 is 0 Å². The number of nitrogens with zero attached hydrogens (tertiary/aromatic N) is 1. The molecule has 0 spiro atoms. The van der Waals surface area contributed by atoms with Gasteiger partial charge < -0.3 is 10.0 Å². The molecule has 1 fully saturated rings. The summed E-state index contributed by atoms with van der Waals surface area (Å²) in [6.07, 6.45) is 0.777. The smallest absolute Gasteiger partial charge is 0.326 e. The van der Waals surface area contributed by atoms with Crippen molar-refractivity contribution < 1.29 is 14.7 Å². The van der Waals surface area contributed by atoms with E-state index < -0.39 is 12.0 Å². The predicted molar refractivity (Wildman–Crippen MR) is 55.5 cm³/mol. The minimum atomic E-state index is -0.906. The maximum absolute atomic E-state index is 11.5. The number of carbonyl (C=O) groups excluding carboxylic acids is 1. The number of carboxylic acid groups (broad SMARTS) is 1. The van der Waals surface area contributed by atoms with Gasteiger partial charge in [-0.25, -0.2) is 4.79 Å². The maximum atomic E-state index is 11.5. The van der Waals surface area contributed by atoms with E-state index in [4.69, 9.17) is 5.11 Å². The number of carboxylic acids is 1. The molecule has 1 aliphatic heterocycles. The summed E-state index contributed by atoms with van der Waals surface area (Å²) >= 11 is 1.55. The topological polar surface area (TPSA) is 57.6 Å². The highest BCUT2D eigenvalue weighted by Crippen LogP contribution is 2.22. The van der Waals surface area contributed by atoms with Crippen LogP contribution in [-0.4, -0.2) is 27.9 Å². The van der Waals surface area contributed by atoms with Crippen molar-refractivity contribution in [3.8, 4) is 0 Å². The van der Waals surface area contributed by atoms with Gasteiger partial charge in [0.15, 0.2) is 0 Å². The van der Waals surface area contributed by atoms with Gasteiger partial charge in [0.05, 0.1) is 0 Å². The largest absolute Gasteiger partial charge is 0.480 e. The fraction of sp³-hybridized carbons (Fsp3) is 0.400. The highest BCUT2D eigenvalue weighted by Gasteiger charge is 2.35. The SMILES string of the molecule is O=C(O)[C@H]1CCC(=O)N1Cc1ccsc1. The van der Waals surface area contributed by atoms with Crippen LogP contribution in [0.4, 0.5) is 0 Å². The van der Waals surface area contributed by atoms with Crippen molar-refractivity contribution in [2.75, 3.05) is 0 Å². The first kappa shape index (κ1) is 10.2. The maximum Gasteiger partial charge on any atom is 0.326 e. The van der Waals surface area contributed by atoms with Crippen molar-refractivity contribution in [1.29, 1.82) is 0 Å². The van der Waals surface area contributed by atoms with E-state index >= 15 is 0 Å². The first-order chi connectivity index (χ1) is 7.18. The van der Waals surface area contributed by atoms with Gasteiger partial charge in [-0.15, -0.1) is 0 Å². The van der Waals surface area contributed by atoms with Crippen molar-refractivity contribution in [3.05, 3.63) is 22.4 Å². The van der Waals surface area contributed by atoms with E-state index in [-0.39, 0.29) is 5.91 Å². The summed E-state index contributed by atoms with van der Waals surface area (Å²) in [6, 6.07) is 1.27. The lowest BCUT2D eigenvalue weighted by atomic mass is 10.2. The van der Waals surface area contributed by atoms with Crippen LogP contribution in [0.3, 0.4) is 0 Å². The molecule has 2 heterocycles. The van der Waals surface area contributed by atoms with Crippen molar-refractivity contribution in [2.45, 2.75) is 25.4 Å². The van der Waals surface area contributed by atoms with E-state index in [0.29, 0.717) is 19.4 Å². The Morgan fingerprint density at radius 2 is 2.47 bits per heavy atom. The normalized spacial score (nSPS) is 20.9. The second-order valence-corrected chi connectivity index (χ2v) is 4.33. The van der Waals surface area contributed by atoms with Crippen molar-refractivity contribution in [3.63, 3.8) is 0 Å². The first-order valence-electron chi connectivity index (χ1n) is 4.72. The average molecular weight is 225 g/mol. The Morgan fingerprint density at radius 3 is 3.07 bits per heavy atom. The van der Waals surface area contributed by atoms with E-state index in [1.54, 1.807) is 11.3 Å². The molecule has 1 aromatic rings. The fourth-order valence-electron chi connectivity index (χ4n) is 1.77. The Bertz CT molecular complexity index is 374. The Balaban J connectivity index is 2.11. The summed E-state index contributed by atoms with van der Waals surface area (Å²) in [5.74, 6) is -0.968. The highest BCUT2D eigenvalue weighted by molar-refractivity contribution is 7.07. The van der Waals surface area contributed by atoms with E-state index in [2.05, 4.69) is 0 Å². The monoisotopic (exact) mass is 225 g/mol. The van der Waals surface area contributed by atoms with E-state index in [1.165, 1.54) is 4.90 Å². The lowest BCUT2D eigenvalue weighted by Crippen LogP contribution is -2.37. The third kappa shape index (κ3) is 2.02. The van der Waals surface area contributed by atoms with Gasteiger partial charge in [-0.3, -0.25) is 4.79 Å². The number of aliphatic carboxylic acids is 1. The highest BCUT2D eigenvalue weighted by atomic mass is 32.1. The summed E-state index contributed by atoms with van der Waals surface area (Å²) in [4.78, 5) is 23.8. The molecule has 0 aromatic carbocycles. The van der Waals surface area contributed by atoms with Gasteiger partial charge >= 0.3 is 5.97 Å². The lowest BCUT2D eigenvalue weighted by Gasteiger charge is -2.20. The molecular weight excluding hydrogens is 214 g/mol. The average Bonchev–Trinajstić information content (AvgIpc) is 2.78. The molecule has 1 saturated heterocycles. The second kappa shape index (κ2) is 4.02. The molecular formula is C10H11NO3S. The van der Waals surface area contributed by atoms with Crippen LogP contribution in [0.1, 0.15) is 18.4 Å². The van der Waals surface area contributed by atoms with Crippen LogP contribution in [0.15, 0.2) is 16.8 Å². The molecule has 4 nitrogen and oxygen atoms in total.